The van der Waals surface area contributed by atoms with Gasteiger partial charge in [-0.25, -0.2) is 0 Å². The second-order valence-electron chi connectivity index (χ2n) is 7.97. The Bertz CT molecular complexity index is 631. The molecule has 0 bridgehead atoms. The molecular formula is C20H31N5O2. The van der Waals surface area contributed by atoms with Gasteiger partial charge in [0.25, 0.3) is 5.91 Å². The van der Waals surface area contributed by atoms with Gasteiger partial charge in [0.05, 0.1) is 18.0 Å². The van der Waals surface area contributed by atoms with Gasteiger partial charge in [-0.05, 0) is 64.2 Å². The zero-order valence-corrected chi connectivity index (χ0v) is 16.5. The van der Waals surface area contributed by atoms with E-state index in [1.54, 1.807) is 12.3 Å². The van der Waals surface area contributed by atoms with Crippen LogP contribution < -0.4 is 0 Å². The molecule has 148 valence electrons. The van der Waals surface area contributed by atoms with Crippen LogP contribution in [0.25, 0.3) is 0 Å². The summed E-state index contributed by atoms with van der Waals surface area (Å²) in [5.74, 6) is 0.656. The van der Waals surface area contributed by atoms with Crippen LogP contribution in [0, 0.1) is 5.92 Å². The van der Waals surface area contributed by atoms with E-state index in [9.17, 15) is 9.59 Å². The van der Waals surface area contributed by atoms with E-state index in [2.05, 4.69) is 22.1 Å². The molecular weight excluding hydrogens is 342 g/mol. The second-order valence-corrected chi connectivity index (χ2v) is 7.97. The monoisotopic (exact) mass is 373 g/mol. The van der Waals surface area contributed by atoms with Crippen molar-refractivity contribution in [2.45, 2.75) is 44.6 Å². The molecule has 0 N–H and O–H groups in total. The molecule has 1 atom stereocenters. The summed E-state index contributed by atoms with van der Waals surface area (Å²) in [5, 5.41) is 7.53. The molecule has 1 aromatic rings. The van der Waals surface area contributed by atoms with E-state index in [-0.39, 0.29) is 11.8 Å². The number of likely N-dealkylation sites (tertiary alicyclic amines) is 2. The van der Waals surface area contributed by atoms with Crippen molar-refractivity contribution in [3.63, 3.8) is 0 Å². The predicted molar refractivity (Wildman–Crippen MR) is 103 cm³/mol. The van der Waals surface area contributed by atoms with Crippen LogP contribution in [-0.2, 0) is 4.79 Å². The number of carbonyl (C=O) groups is 2. The third-order valence-electron chi connectivity index (χ3n) is 6.03. The summed E-state index contributed by atoms with van der Waals surface area (Å²) in [6.45, 7) is 3.63. The van der Waals surface area contributed by atoms with Gasteiger partial charge in [0.2, 0.25) is 5.91 Å². The van der Waals surface area contributed by atoms with E-state index in [1.807, 2.05) is 16.8 Å². The first-order valence-electron chi connectivity index (χ1n) is 10.0. The highest BCUT2D eigenvalue weighted by atomic mass is 16.2. The van der Waals surface area contributed by atoms with Crippen LogP contribution in [0.4, 0.5) is 0 Å². The Kier molecular flexibility index (Phi) is 6.77. The smallest absolute Gasteiger partial charge is 0.255 e. The number of carbonyl (C=O) groups excluding carboxylic acids is 2. The highest BCUT2D eigenvalue weighted by molar-refractivity contribution is 5.93. The normalized spacial score (nSPS) is 21.9. The molecule has 0 saturated carbocycles. The lowest BCUT2D eigenvalue weighted by Crippen LogP contribution is -2.44. The first-order chi connectivity index (χ1) is 13.0. The van der Waals surface area contributed by atoms with Gasteiger partial charge in [0.15, 0.2) is 0 Å². The van der Waals surface area contributed by atoms with Crippen molar-refractivity contribution < 1.29 is 9.59 Å². The van der Waals surface area contributed by atoms with E-state index >= 15 is 0 Å². The quantitative estimate of drug-likeness (QED) is 0.785. The summed E-state index contributed by atoms with van der Waals surface area (Å²) in [4.78, 5) is 31.4. The van der Waals surface area contributed by atoms with Crippen molar-refractivity contribution >= 4 is 11.8 Å². The summed E-state index contributed by atoms with van der Waals surface area (Å²) in [5.41, 5.74) is 0.587. The molecule has 0 aliphatic carbocycles. The summed E-state index contributed by atoms with van der Waals surface area (Å²) in [6.07, 6.45) is 8.70. The number of nitrogens with zero attached hydrogens (tertiary/aromatic N) is 5. The highest BCUT2D eigenvalue weighted by Gasteiger charge is 2.27. The number of amides is 2. The Morgan fingerprint density at radius 1 is 1.19 bits per heavy atom. The van der Waals surface area contributed by atoms with E-state index in [4.69, 9.17) is 0 Å². The minimum Gasteiger partial charge on any atom is -0.343 e. The molecule has 7 heteroatoms. The molecule has 1 aromatic heterocycles. The van der Waals surface area contributed by atoms with Gasteiger partial charge in [-0.15, -0.1) is 0 Å². The van der Waals surface area contributed by atoms with Crippen LogP contribution in [0.3, 0.4) is 0 Å². The third kappa shape index (κ3) is 5.25. The number of hydrogen-bond donors (Lipinski definition) is 0. The maximum atomic E-state index is 12.6. The van der Waals surface area contributed by atoms with Crippen molar-refractivity contribution in [1.29, 1.82) is 0 Å². The molecule has 7 nitrogen and oxygen atoms in total. The van der Waals surface area contributed by atoms with Crippen LogP contribution in [0.2, 0.25) is 0 Å². The number of piperidine rings is 2. The molecule has 0 radical (unpaired) electrons. The largest absolute Gasteiger partial charge is 0.343 e. The van der Waals surface area contributed by atoms with E-state index in [0.29, 0.717) is 23.9 Å². The highest BCUT2D eigenvalue weighted by Crippen LogP contribution is 2.23. The standard InChI is InChI=1S/C20H31N5O2/c1-23-12-8-18(9-13-23)24(2)19(26)6-5-16-4-3-11-25(15-16)20(27)17-7-10-21-22-14-17/h7,10,14,16,18H,3-6,8-9,11-13,15H2,1-2H3. The molecule has 0 spiro atoms. The number of hydrogen-bond acceptors (Lipinski definition) is 5. The van der Waals surface area contributed by atoms with Crippen molar-refractivity contribution in [2.75, 3.05) is 40.3 Å². The third-order valence-corrected chi connectivity index (χ3v) is 6.03. The molecule has 2 fully saturated rings. The van der Waals surface area contributed by atoms with Gasteiger partial charge in [-0.3, -0.25) is 9.59 Å². The first kappa shape index (κ1) is 19.7. The molecule has 2 aliphatic heterocycles. The maximum absolute atomic E-state index is 12.6. The predicted octanol–water partition coefficient (Wildman–Crippen LogP) is 1.66. The van der Waals surface area contributed by atoms with Crippen molar-refractivity contribution in [3.05, 3.63) is 24.0 Å². The van der Waals surface area contributed by atoms with Crippen molar-refractivity contribution in [2.24, 2.45) is 5.92 Å². The van der Waals surface area contributed by atoms with E-state index in [0.717, 1.165) is 58.3 Å². The second kappa shape index (κ2) is 9.26. The Labute approximate surface area is 161 Å². The zero-order chi connectivity index (χ0) is 19.2. The minimum atomic E-state index is 0.0179. The maximum Gasteiger partial charge on any atom is 0.255 e. The molecule has 2 aliphatic rings. The SMILES string of the molecule is CN1CCC(N(C)C(=O)CCC2CCCN(C(=O)c3ccnnc3)C2)CC1. The average Bonchev–Trinajstić information content (AvgIpc) is 2.72. The Balaban J connectivity index is 1.46. The fourth-order valence-electron chi connectivity index (χ4n) is 4.17. The summed E-state index contributed by atoms with van der Waals surface area (Å²) < 4.78 is 0. The molecule has 3 heterocycles. The summed E-state index contributed by atoms with van der Waals surface area (Å²) in [7, 11) is 4.08. The lowest BCUT2D eigenvalue weighted by Gasteiger charge is -2.36. The van der Waals surface area contributed by atoms with E-state index < -0.39 is 0 Å². The van der Waals surface area contributed by atoms with Gasteiger partial charge in [0.1, 0.15) is 0 Å². The van der Waals surface area contributed by atoms with Gasteiger partial charge < -0.3 is 14.7 Å². The first-order valence-corrected chi connectivity index (χ1v) is 10.0. The van der Waals surface area contributed by atoms with Gasteiger partial charge >= 0.3 is 0 Å². The lowest BCUT2D eigenvalue weighted by molar-refractivity contribution is -0.133. The fraction of sp³-hybridized carbons (Fsp3) is 0.700. The Hall–Kier alpha value is -2.02. The van der Waals surface area contributed by atoms with Crippen molar-refractivity contribution in [1.82, 2.24) is 24.9 Å². The molecule has 27 heavy (non-hydrogen) atoms. The van der Waals surface area contributed by atoms with Gasteiger partial charge in [0, 0.05) is 32.6 Å². The number of rotatable bonds is 5. The van der Waals surface area contributed by atoms with Crippen LogP contribution >= 0.6 is 0 Å². The summed E-state index contributed by atoms with van der Waals surface area (Å²) in [6, 6.07) is 2.08. The van der Waals surface area contributed by atoms with Gasteiger partial charge in [-0.1, -0.05) is 0 Å². The van der Waals surface area contributed by atoms with Gasteiger partial charge in [-0.2, -0.15) is 10.2 Å². The van der Waals surface area contributed by atoms with Crippen LogP contribution in [0.15, 0.2) is 18.5 Å². The Morgan fingerprint density at radius 3 is 2.67 bits per heavy atom. The van der Waals surface area contributed by atoms with Crippen LogP contribution in [0.5, 0.6) is 0 Å². The Morgan fingerprint density at radius 2 is 1.96 bits per heavy atom. The van der Waals surface area contributed by atoms with E-state index in [1.165, 1.54) is 6.20 Å². The topological polar surface area (TPSA) is 69.6 Å². The minimum absolute atomic E-state index is 0.0179. The molecule has 0 aromatic carbocycles. The van der Waals surface area contributed by atoms with Crippen LogP contribution in [-0.4, -0.2) is 83.0 Å². The molecule has 2 saturated heterocycles. The summed E-state index contributed by atoms with van der Waals surface area (Å²) >= 11 is 0. The molecule has 1 unspecified atom stereocenters. The molecule has 3 rings (SSSR count). The van der Waals surface area contributed by atoms with Crippen molar-refractivity contribution in [3.8, 4) is 0 Å². The average molecular weight is 374 g/mol. The lowest BCUT2D eigenvalue weighted by atomic mass is 9.92. The van der Waals surface area contributed by atoms with Crippen LogP contribution in [0.1, 0.15) is 48.9 Å². The zero-order valence-electron chi connectivity index (χ0n) is 16.5. The fourth-order valence-corrected chi connectivity index (χ4v) is 4.17. The molecule has 2 amide bonds. The number of aromatic nitrogens is 2.